The molecule has 4 nitrogen and oxygen atoms in total. The van der Waals surface area contributed by atoms with E-state index in [2.05, 4.69) is 4.98 Å². The highest BCUT2D eigenvalue weighted by Gasteiger charge is 2.08. The Morgan fingerprint density at radius 2 is 2.15 bits per heavy atom. The summed E-state index contributed by atoms with van der Waals surface area (Å²) in [5.74, 6) is -0.167. The highest BCUT2D eigenvalue weighted by Crippen LogP contribution is 2.16. The summed E-state index contributed by atoms with van der Waals surface area (Å²) < 4.78 is 1.80. The standard InChI is InChI=1S/C15H11ClN2O2/c16-12-3-1-2-10(6-12)7-14-17-8-13-5-4-11(15(19)20)9-18(13)14/h1-6,8-9H,7H2,(H,19,20). The molecule has 0 amide bonds. The molecule has 0 aliphatic carbocycles. The number of carboxylic acids is 1. The third-order valence-corrected chi connectivity index (χ3v) is 3.34. The first-order valence-electron chi connectivity index (χ1n) is 6.07. The van der Waals surface area contributed by atoms with E-state index in [4.69, 9.17) is 16.7 Å². The number of rotatable bonds is 3. The number of carbonyl (C=O) groups is 1. The van der Waals surface area contributed by atoms with E-state index in [0.29, 0.717) is 11.4 Å². The van der Waals surface area contributed by atoms with E-state index >= 15 is 0 Å². The molecule has 5 heteroatoms. The molecule has 20 heavy (non-hydrogen) atoms. The van der Waals surface area contributed by atoms with Crippen molar-refractivity contribution in [1.82, 2.24) is 9.38 Å². The molecule has 0 aliphatic rings. The van der Waals surface area contributed by atoms with Crippen LogP contribution in [0.3, 0.4) is 0 Å². The number of halogens is 1. The van der Waals surface area contributed by atoms with E-state index < -0.39 is 5.97 Å². The molecule has 0 unspecified atom stereocenters. The van der Waals surface area contributed by atoms with Gasteiger partial charge < -0.3 is 9.51 Å². The summed E-state index contributed by atoms with van der Waals surface area (Å²) in [6.07, 6.45) is 3.91. The van der Waals surface area contributed by atoms with Crippen LogP contribution in [0, 0.1) is 0 Å². The zero-order valence-electron chi connectivity index (χ0n) is 10.5. The number of benzene rings is 1. The Morgan fingerprint density at radius 1 is 1.30 bits per heavy atom. The van der Waals surface area contributed by atoms with Gasteiger partial charge in [-0.3, -0.25) is 0 Å². The van der Waals surface area contributed by atoms with Crippen molar-refractivity contribution in [3.8, 4) is 0 Å². The first-order chi connectivity index (χ1) is 9.63. The van der Waals surface area contributed by atoms with Crippen molar-refractivity contribution in [3.63, 3.8) is 0 Å². The fraction of sp³-hybridized carbons (Fsp3) is 0.0667. The van der Waals surface area contributed by atoms with Crippen LogP contribution in [0.5, 0.6) is 0 Å². The third-order valence-electron chi connectivity index (χ3n) is 3.10. The quantitative estimate of drug-likeness (QED) is 0.804. The number of aromatic carboxylic acids is 1. The number of hydrogen-bond acceptors (Lipinski definition) is 2. The molecule has 0 fully saturated rings. The molecule has 3 aromatic rings. The predicted molar refractivity (Wildman–Crippen MR) is 76.4 cm³/mol. The average molecular weight is 287 g/mol. The van der Waals surface area contributed by atoms with Crippen molar-refractivity contribution < 1.29 is 9.90 Å². The van der Waals surface area contributed by atoms with E-state index in [9.17, 15) is 4.79 Å². The van der Waals surface area contributed by atoms with Gasteiger partial charge in [-0.2, -0.15) is 0 Å². The maximum Gasteiger partial charge on any atom is 0.337 e. The highest BCUT2D eigenvalue weighted by atomic mass is 35.5. The van der Waals surface area contributed by atoms with Crippen molar-refractivity contribution in [2.75, 3.05) is 0 Å². The monoisotopic (exact) mass is 286 g/mol. The molecule has 0 radical (unpaired) electrons. The van der Waals surface area contributed by atoms with Gasteiger partial charge in [-0.05, 0) is 29.8 Å². The topological polar surface area (TPSA) is 54.6 Å². The van der Waals surface area contributed by atoms with Gasteiger partial charge in [0.25, 0.3) is 0 Å². The minimum Gasteiger partial charge on any atom is -0.478 e. The van der Waals surface area contributed by atoms with E-state index in [0.717, 1.165) is 16.9 Å². The van der Waals surface area contributed by atoms with Crippen molar-refractivity contribution in [2.24, 2.45) is 0 Å². The largest absolute Gasteiger partial charge is 0.478 e. The summed E-state index contributed by atoms with van der Waals surface area (Å²) in [5, 5.41) is 9.72. The second-order valence-electron chi connectivity index (χ2n) is 4.50. The van der Waals surface area contributed by atoms with Crippen LogP contribution in [0.1, 0.15) is 21.7 Å². The molecule has 1 N–H and O–H groups in total. The second kappa shape index (κ2) is 4.98. The van der Waals surface area contributed by atoms with Gasteiger partial charge in [0.2, 0.25) is 0 Å². The van der Waals surface area contributed by atoms with Crippen molar-refractivity contribution >= 4 is 23.1 Å². The number of pyridine rings is 1. The lowest BCUT2D eigenvalue weighted by atomic mass is 10.1. The summed E-state index contributed by atoms with van der Waals surface area (Å²) in [5.41, 5.74) is 2.14. The molecular weight excluding hydrogens is 276 g/mol. The SMILES string of the molecule is O=C(O)c1ccc2cnc(Cc3cccc(Cl)c3)n2c1. The summed E-state index contributed by atoms with van der Waals surface area (Å²) in [7, 11) is 0. The molecule has 0 saturated carbocycles. The Hall–Kier alpha value is -2.33. The van der Waals surface area contributed by atoms with Crippen LogP contribution in [-0.4, -0.2) is 20.5 Å². The summed E-state index contributed by atoms with van der Waals surface area (Å²) in [6, 6.07) is 10.9. The maximum absolute atomic E-state index is 11.0. The number of hydrogen-bond donors (Lipinski definition) is 1. The van der Waals surface area contributed by atoms with Crippen LogP contribution in [0.15, 0.2) is 48.8 Å². The predicted octanol–water partition coefficient (Wildman–Crippen LogP) is 3.28. The van der Waals surface area contributed by atoms with E-state index in [-0.39, 0.29) is 5.56 Å². The summed E-state index contributed by atoms with van der Waals surface area (Å²) in [6.45, 7) is 0. The fourth-order valence-electron chi connectivity index (χ4n) is 2.13. The van der Waals surface area contributed by atoms with Crippen LogP contribution in [-0.2, 0) is 6.42 Å². The molecule has 3 rings (SSSR count). The third kappa shape index (κ3) is 2.38. The summed E-state index contributed by atoms with van der Waals surface area (Å²) in [4.78, 5) is 15.4. The van der Waals surface area contributed by atoms with Gasteiger partial charge in [0.1, 0.15) is 5.82 Å². The molecule has 2 aromatic heterocycles. The lowest BCUT2D eigenvalue weighted by Crippen LogP contribution is -2.01. The first kappa shape index (κ1) is 12.7. The highest BCUT2D eigenvalue weighted by molar-refractivity contribution is 6.30. The van der Waals surface area contributed by atoms with Gasteiger partial charge in [0, 0.05) is 17.6 Å². The number of nitrogens with zero attached hydrogens (tertiary/aromatic N) is 2. The second-order valence-corrected chi connectivity index (χ2v) is 4.94. The normalized spacial score (nSPS) is 10.8. The molecule has 0 atom stereocenters. The summed E-state index contributed by atoms with van der Waals surface area (Å²) >= 11 is 5.97. The Kier molecular flexibility index (Phi) is 3.16. The maximum atomic E-state index is 11.0. The Labute approximate surface area is 120 Å². The van der Waals surface area contributed by atoms with Crippen LogP contribution < -0.4 is 0 Å². The molecule has 0 aliphatic heterocycles. The first-order valence-corrected chi connectivity index (χ1v) is 6.45. The average Bonchev–Trinajstić information content (AvgIpc) is 2.81. The number of imidazole rings is 1. The van der Waals surface area contributed by atoms with Gasteiger partial charge in [0.15, 0.2) is 0 Å². The van der Waals surface area contributed by atoms with Crippen molar-refractivity contribution in [2.45, 2.75) is 6.42 Å². The molecule has 0 saturated heterocycles. The lowest BCUT2D eigenvalue weighted by Gasteiger charge is -2.03. The smallest absolute Gasteiger partial charge is 0.337 e. The van der Waals surface area contributed by atoms with Gasteiger partial charge in [-0.1, -0.05) is 23.7 Å². The minimum atomic E-state index is -0.950. The van der Waals surface area contributed by atoms with Crippen LogP contribution >= 0.6 is 11.6 Å². The molecule has 1 aromatic carbocycles. The van der Waals surface area contributed by atoms with Crippen molar-refractivity contribution in [1.29, 1.82) is 0 Å². The molecule has 100 valence electrons. The Balaban J connectivity index is 2.03. The lowest BCUT2D eigenvalue weighted by molar-refractivity contribution is 0.0696. The van der Waals surface area contributed by atoms with Crippen LogP contribution in [0.2, 0.25) is 5.02 Å². The van der Waals surface area contributed by atoms with Gasteiger partial charge >= 0.3 is 5.97 Å². The molecular formula is C15H11ClN2O2. The van der Waals surface area contributed by atoms with Gasteiger partial charge in [-0.15, -0.1) is 0 Å². The zero-order valence-corrected chi connectivity index (χ0v) is 11.2. The van der Waals surface area contributed by atoms with Gasteiger partial charge in [-0.25, -0.2) is 9.78 Å². The van der Waals surface area contributed by atoms with E-state index in [1.807, 2.05) is 24.3 Å². The number of fused-ring (bicyclic) bond motifs is 1. The van der Waals surface area contributed by atoms with Gasteiger partial charge in [0.05, 0.1) is 17.3 Å². The minimum absolute atomic E-state index is 0.239. The van der Waals surface area contributed by atoms with E-state index in [1.165, 1.54) is 0 Å². The Morgan fingerprint density at radius 3 is 2.90 bits per heavy atom. The molecule has 0 bridgehead atoms. The fourth-order valence-corrected chi connectivity index (χ4v) is 2.34. The Bertz CT molecular complexity index is 795. The number of carboxylic acid groups (broad SMARTS) is 1. The molecule has 0 spiro atoms. The molecule has 2 heterocycles. The van der Waals surface area contributed by atoms with Crippen LogP contribution in [0.4, 0.5) is 0 Å². The number of aromatic nitrogens is 2. The van der Waals surface area contributed by atoms with Crippen LogP contribution in [0.25, 0.3) is 5.52 Å². The van der Waals surface area contributed by atoms with Crippen molar-refractivity contribution in [3.05, 3.63) is 70.8 Å². The zero-order chi connectivity index (χ0) is 14.1. The van der Waals surface area contributed by atoms with E-state index in [1.54, 1.807) is 28.9 Å².